The zero-order valence-corrected chi connectivity index (χ0v) is 19.2. The first-order valence-corrected chi connectivity index (χ1v) is 12.1. The largest absolute Gasteiger partial charge is 0.497 e. The lowest BCUT2D eigenvalue weighted by Gasteiger charge is -2.51. The summed E-state index contributed by atoms with van der Waals surface area (Å²) in [6.07, 6.45) is 6.08. The maximum atomic E-state index is 6.50. The van der Waals surface area contributed by atoms with Crippen molar-refractivity contribution in [3.8, 4) is 11.5 Å². The Bertz CT molecular complexity index is 1130. The fourth-order valence-electron chi connectivity index (χ4n) is 5.75. The van der Waals surface area contributed by atoms with Crippen LogP contribution in [0.15, 0.2) is 41.9 Å². The summed E-state index contributed by atoms with van der Waals surface area (Å²) in [7, 11) is 3.39. The molecule has 2 bridgehead atoms. The first kappa shape index (κ1) is 20.2. The van der Waals surface area contributed by atoms with E-state index in [0.717, 1.165) is 39.4 Å². The average molecular weight is 453 g/mol. The third-order valence-corrected chi connectivity index (χ3v) is 8.22. The summed E-state index contributed by atoms with van der Waals surface area (Å²) in [5, 5.41) is 4.47. The summed E-state index contributed by atoms with van der Waals surface area (Å²) >= 11 is 1.66. The van der Waals surface area contributed by atoms with E-state index in [2.05, 4.69) is 45.0 Å². The van der Waals surface area contributed by atoms with Crippen molar-refractivity contribution in [2.24, 2.45) is 11.8 Å². The Morgan fingerprint density at radius 3 is 2.75 bits per heavy atom. The minimum absolute atomic E-state index is 0.352. The Labute approximate surface area is 191 Å². The molecule has 7 nitrogen and oxygen atoms in total. The van der Waals surface area contributed by atoms with Gasteiger partial charge in [0, 0.05) is 17.5 Å². The number of ether oxygens (including phenoxy) is 2. The van der Waals surface area contributed by atoms with Crippen molar-refractivity contribution >= 4 is 27.2 Å². The molecule has 4 aliphatic rings. The zero-order chi connectivity index (χ0) is 21.7. The van der Waals surface area contributed by atoms with E-state index in [-0.39, 0.29) is 5.72 Å². The monoisotopic (exact) mass is 452 g/mol. The normalized spacial score (nSPS) is 27.5. The smallest absolute Gasteiger partial charge is 0.166 e. The van der Waals surface area contributed by atoms with Crippen LogP contribution in [-0.2, 0) is 11.4 Å². The van der Waals surface area contributed by atoms with Crippen LogP contribution in [0.2, 0.25) is 0 Å². The van der Waals surface area contributed by atoms with E-state index in [9.17, 15) is 0 Å². The first-order chi connectivity index (χ1) is 15.7. The van der Waals surface area contributed by atoms with Gasteiger partial charge in [-0.2, -0.15) is 5.01 Å². The van der Waals surface area contributed by atoms with Crippen molar-refractivity contribution in [1.29, 1.82) is 0 Å². The zero-order valence-electron chi connectivity index (χ0n) is 18.4. The molecule has 3 aromatic rings. The van der Waals surface area contributed by atoms with Gasteiger partial charge in [-0.05, 0) is 62.3 Å². The molecule has 3 saturated carbocycles. The summed E-state index contributed by atoms with van der Waals surface area (Å²) in [5.41, 5.74) is 8.00. The van der Waals surface area contributed by atoms with Crippen LogP contribution in [0.5, 0.6) is 11.5 Å². The van der Waals surface area contributed by atoms with E-state index in [1.807, 2.05) is 17.6 Å². The lowest BCUT2D eigenvalue weighted by Crippen LogP contribution is -2.59. The number of nitrogens with zero attached hydrogens (tertiary/aromatic N) is 3. The van der Waals surface area contributed by atoms with Crippen LogP contribution in [0.4, 0.5) is 5.69 Å². The molecule has 168 valence electrons. The highest BCUT2D eigenvalue weighted by atomic mass is 32.1. The molecule has 1 aliphatic heterocycles. The summed E-state index contributed by atoms with van der Waals surface area (Å²) in [4.78, 5) is 10.9. The highest BCUT2D eigenvalue weighted by Crippen LogP contribution is 2.53. The molecule has 3 aliphatic carbocycles. The molecular formula is C24H28N4O3S. The van der Waals surface area contributed by atoms with Gasteiger partial charge in [-0.1, -0.05) is 11.7 Å². The summed E-state index contributed by atoms with van der Waals surface area (Å²) in [6, 6.07) is 12.4. The quantitative estimate of drug-likeness (QED) is 0.591. The minimum Gasteiger partial charge on any atom is -0.497 e. The Hall–Kier alpha value is -2.39. The van der Waals surface area contributed by atoms with Gasteiger partial charge < -0.3 is 9.47 Å². The van der Waals surface area contributed by atoms with Gasteiger partial charge in [0.25, 0.3) is 0 Å². The van der Waals surface area contributed by atoms with Crippen LogP contribution in [0.3, 0.4) is 0 Å². The van der Waals surface area contributed by atoms with E-state index >= 15 is 0 Å². The molecule has 8 heteroatoms. The Kier molecular flexibility index (Phi) is 4.98. The third kappa shape index (κ3) is 3.16. The number of benzene rings is 2. The Balaban J connectivity index is 1.41. The lowest BCUT2D eigenvalue weighted by atomic mass is 9.65. The highest BCUT2D eigenvalue weighted by molar-refractivity contribution is 7.16. The second kappa shape index (κ2) is 7.88. The van der Waals surface area contributed by atoms with Crippen LogP contribution in [-0.4, -0.2) is 29.9 Å². The number of hydrogen-bond donors (Lipinski definition) is 1. The van der Waals surface area contributed by atoms with Crippen molar-refractivity contribution in [2.45, 2.75) is 44.4 Å². The number of anilines is 1. The predicted molar refractivity (Wildman–Crippen MR) is 124 cm³/mol. The number of aromatic nitrogens is 1. The van der Waals surface area contributed by atoms with Crippen LogP contribution < -0.4 is 20.2 Å². The van der Waals surface area contributed by atoms with E-state index in [1.54, 1.807) is 25.6 Å². The van der Waals surface area contributed by atoms with Gasteiger partial charge in [0.15, 0.2) is 5.72 Å². The highest BCUT2D eigenvalue weighted by Gasteiger charge is 2.58. The second-order valence-electron chi connectivity index (χ2n) is 9.01. The molecule has 2 heterocycles. The molecule has 2 aromatic carbocycles. The summed E-state index contributed by atoms with van der Waals surface area (Å²) < 4.78 is 12.3. The van der Waals surface area contributed by atoms with Gasteiger partial charge in [-0.3, -0.25) is 4.84 Å². The molecule has 7 rings (SSSR count). The fourth-order valence-corrected chi connectivity index (χ4v) is 6.46. The van der Waals surface area contributed by atoms with Gasteiger partial charge >= 0.3 is 0 Å². The van der Waals surface area contributed by atoms with Crippen molar-refractivity contribution in [3.05, 3.63) is 47.5 Å². The topological polar surface area (TPSA) is 59.1 Å². The second-order valence-corrected chi connectivity index (χ2v) is 9.90. The Morgan fingerprint density at radius 1 is 1.12 bits per heavy atom. The van der Waals surface area contributed by atoms with Gasteiger partial charge in [0.1, 0.15) is 11.5 Å². The minimum atomic E-state index is -0.352. The molecule has 32 heavy (non-hydrogen) atoms. The average Bonchev–Trinajstić information content (AvgIpc) is 3.45. The standard InChI is InChI=1S/C24H28N4O3S/c1-29-20-9-5-17(22(12-20)30-2)14-27-24(13-16-3-6-18(24)7-4-16)31-26-28(27)19-8-10-21-23(11-19)32-15-25-21/h5,8-12,15-16,18,26H,3-4,6-7,13-14H2,1-2H3/t16?,18?,24-/m0/s1. The summed E-state index contributed by atoms with van der Waals surface area (Å²) in [5.74, 6) is 2.83. The van der Waals surface area contributed by atoms with Crippen LogP contribution in [0.1, 0.15) is 37.7 Å². The number of methoxy groups -OCH3 is 2. The number of thiazole rings is 1. The number of fused-ring (bicyclic) bond motifs is 3. The number of nitrogens with one attached hydrogen (secondary N) is 1. The van der Waals surface area contributed by atoms with Gasteiger partial charge in [-0.25, -0.2) is 10.1 Å². The molecule has 0 radical (unpaired) electrons. The molecule has 0 amide bonds. The van der Waals surface area contributed by atoms with Crippen molar-refractivity contribution in [1.82, 2.24) is 15.6 Å². The van der Waals surface area contributed by atoms with Gasteiger partial charge in [-0.15, -0.1) is 11.3 Å². The van der Waals surface area contributed by atoms with Gasteiger partial charge in [0.2, 0.25) is 0 Å². The van der Waals surface area contributed by atoms with Crippen LogP contribution in [0.25, 0.3) is 10.2 Å². The lowest BCUT2D eigenvalue weighted by molar-refractivity contribution is -0.201. The predicted octanol–water partition coefficient (Wildman–Crippen LogP) is 4.89. The maximum absolute atomic E-state index is 6.50. The van der Waals surface area contributed by atoms with E-state index < -0.39 is 0 Å². The molecule has 1 aromatic heterocycles. The van der Waals surface area contributed by atoms with Crippen LogP contribution in [0, 0.1) is 11.8 Å². The number of hydrazine groups is 2. The summed E-state index contributed by atoms with van der Waals surface area (Å²) in [6.45, 7) is 0.671. The van der Waals surface area contributed by atoms with Crippen molar-refractivity contribution < 1.29 is 14.3 Å². The molecule has 4 fully saturated rings. The van der Waals surface area contributed by atoms with E-state index in [1.165, 1.54) is 25.7 Å². The van der Waals surface area contributed by atoms with Crippen molar-refractivity contribution in [2.75, 3.05) is 19.3 Å². The SMILES string of the molecule is COc1ccc(CN2N(c3ccc4ncsc4c3)NO[C@]23CC2CCC3CC2)c(OC)c1. The molecule has 1 saturated heterocycles. The molecule has 1 spiro atoms. The maximum Gasteiger partial charge on any atom is 0.166 e. The number of rotatable bonds is 5. The fraction of sp³-hybridized carbons (Fsp3) is 0.458. The first-order valence-electron chi connectivity index (χ1n) is 11.3. The molecule has 0 unspecified atom stereocenters. The number of hydrogen-bond acceptors (Lipinski definition) is 8. The Morgan fingerprint density at radius 2 is 2.00 bits per heavy atom. The van der Waals surface area contributed by atoms with E-state index in [4.69, 9.17) is 14.3 Å². The van der Waals surface area contributed by atoms with Crippen molar-refractivity contribution in [3.63, 3.8) is 0 Å². The molecule has 1 atom stereocenters. The van der Waals surface area contributed by atoms with Crippen LogP contribution >= 0.6 is 11.3 Å². The van der Waals surface area contributed by atoms with Gasteiger partial charge in [0.05, 0.1) is 42.2 Å². The molecule has 1 N–H and O–H groups in total. The molecular weight excluding hydrogens is 424 g/mol. The third-order valence-electron chi connectivity index (χ3n) is 7.43. The van der Waals surface area contributed by atoms with E-state index in [0.29, 0.717) is 18.4 Å².